The van der Waals surface area contributed by atoms with E-state index in [1.54, 1.807) is 0 Å². The lowest BCUT2D eigenvalue weighted by molar-refractivity contribution is 0.100. The maximum Gasteiger partial charge on any atom is 0.253 e. The highest BCUT2D eigenvalue weighted by Gasteiger charge is 2.21. The van der Waals surface area contributed by atoms with E-state index < -0.39 is 5.91 Å². The van der Waals surface area contributed by atoms with Crippen molar-refractivity contribution in [2.24, 2.45) is 5.73 Å². The molecule has 4 N–H and O–H groups in total. The van der Waals surface area contributed by atoms with Gasteiger partial charge in [-0.15, -0.1) is 0 Å². The summed E-state index contributed by atoms with van der Waals surface area (Å²) in [5, 5.41) is 6.33. The van der Waals surface area contributed by atoms with Gasteiger partial charge in [-0.1, -0.05) is 32.0 Å². The number of thiocarbonyl (C=S) groups is 1. The predicted octanol–water partition coefficient (Wildman–Crippen LogP) is 3.17. The summed E-state index contributed by atoms with van der Waals surface area (Å²) in [6.07, 6.45) is 0. The summed E-state index contributed by atoms with van der Waals surface area (Å²) in [6.45, 7) is 3.98. The second kappa shape index (κ2) is 6.64. The number of hydrogen-bond acceptors (Lipinski definition) is 4. The van der Waals surface area contributed by atoms with E-state index in [1.165, 1.54) is 11.5 Å². The zero-order valence-electron chi connectivity index (χ0n) is 11.7. The molecule has 1 heterocycles. The Hall–Kier alpha value is -1.99. The van der Waals surface area contributed by atoms with Gasteiger partial charge in [0.2, 0.25) is 0 Å². The van der Waals surface area contributed by atoms with Gasteiger partial charge in [-0.3, -0.25) is 4.79 Å². The first-order chi connectivity index (χ1) is 9.99. The van der Waals surface area contributed by atoms with Crippen molar-refractivity contribution in [3.8, 4) is 0 Å². The van der Waals surface area contributed by atoms with E-state index in [2.05, 4.69) is 15.0 Å². The van der Waals surface area contributed by atoms with E-state index in [-0.39, 0.29) is 5.92 Å². The van der Waals surface area contributed by atoms with E-state index in [0.29, 0.717) is 16.5 Å². The SMILES string of the molecule is CC(C)c1snc(NC(=S)Nc2ccccc2)c1C(N)=O. The predicted molar refractivity (Wildman–Crippen MR) is 91.0 cm³/mol. The lowest BCUT2D eigenvalue weighted by Gasteiger charge is -2.10. The molecule has 0 saturated carbocycles. The molecule has 2 rings (SSSR count). The summed E-state index contributed by atoms with van der Waals surface area (Å²) in [6, 6.07) is 9.51. The van der Waals surface area contributed by atoms with Crippen molar-refractivity contribution in [2.75, 3.05) is 10.6 Å². The summed E-state index contributed by atoms with van der Waals surface area (Å²) in [5.41, 5.74) is 6.72. The third kappa shape index (κ3) is 3.77. The number of nitrogens with one attached hydrogen (secondary N) is 2. The van der Waals surface area contributed by atoms with Gasteiger partial charge in [0, 0.05) is 10.6 Å². The van der Waals surface area contributed by atoms with Crippen LogP contribution in [0.1, 0.15) is 35.0 Å². The average molecular weight is 320 g/mol. The Morgan fingerprint density at radius 3 is 2.52 bits per heavy atom. The normalized spacial score (nSPS) is 10.4. The Labute approximate surface area is 132 Å². The van der Waals surface area contributed by atoms with Crippen LogP contribution < -0.4 is 16.4 Å². The van der Waals surface area contributed by atoms with Gasteiger partial charge >= 0.3 is 0 Å². The van der Waals surface area contributed by atoms with Crippen molar-refractivity contribution in [1.29, 1.82) is 0 Å². The van der Waals surface area contributed by atoms with Crippen LogP contribution in [0.4, 0.5) is 11.5 Å². The molecule has 5 nitrogen and oxygen atoms in total. The summed E-state index contributed by atoms with van der Waals surface area (Å²) in [7, 11) is 0. The molecule has 0 atom stereocenters. The maximum atomic E-state index is 11.6. The van der Waals surface area contributed by atoms with Gasteiger partial charge in [-0.05, 0) is 41.8 Å². The van der Waals surface area contributed by atoms with Gasteiger partial charge in [0.1, 0.15) is 0 Å². The number of nitrogens with zero attached hydrogens (tertiary/aromatic N) is 1. The van der Waals surface area contributed by atoms with Gasteiger partial charge in [0.15, 0.2) is 10.9 Å². The van der Waals surface area contributed by atoms with E-state index in [4.69, 9.17) is 18.0 Å². The minimum atomic E-state index is -0.502. The molecule has 0 aliphatic rings. The highest BCUT2D eigenvalue weighted by molar-refractivity contribution is 7.80. The smallest absolute Gasteiger partial charge is 0.253 e. The van der Waals surface area contributed by atoms with Crippen LogP contribution in [0, 0.1) is 0 Å². The lowest BCUT2D eigenvalue weighted by atomic mass is 10.1. The van der Waals surface area contributed by atoms with Crippen molar-refractivity contribution in [3.63, 3.8) is 0 Å². The summed E-state index contributed by atoms with van der Waals surface area (Å²) in [4.78, 5) is 12.5. The largest absolute Gasteiger partial charge is 0.365 e. The molecule has 0 unspecified atom stereocenters. The van der Waals surface area contributed by atoms with Gasteiger partial charge < -0.3 is 16.4 Å². The number of anilines is 2. The third-order valence-electron chi connectivity index (χ3n) is 2.75. The summed E-state index contributed by atoms with van der Waals surface area (Å²) < 4.78 is 4.24. The van der Waals surface area contributed by atoms with Crippen LogP contribution in [0.5, 0.6) is 0 Å². The molecule has 0 saturated heterocycles. The molecule has 1 aromatic carbocycles. The molecule has 2 aromatic rings. The first-order valence-corrected chi connectivity index (χ1v) is 7.59. The Morgan fingerprint density at radius 2 is 1.95 bits per heavy atom. The molecule has 7 heteroatoms. The standard InChI is InChI=1S/C14H16N4OS2/c1-8(2)11-10(12(15)19)13(18-21-11)17-14(20)16-9-6-4-3-5-7-9/h3-8H,1-2H3,(H2,15,19)(H2,16,17,18,20). The fourth-order valence-electron chi connectivity index (χ4n) is 1.81. The Morgan fingerprint density at radius 1 is 1.29 bits per heavy atom. The Bertz CT molecular complexity index is 652. The fraction of sp³-hybridized carbons (Fsp3) is 0.214. The molecule has 1 amide bonds. The zero-order chi connectivity index (χ0) is 15.4. The highest BCUT2D eigenvalue weighted by Crippen LogP contribution is 2.29. The van der Waals surface area contributed by atoms with Crippen LogP contribution >= 0.6 is 23.8 Å². The average Bonchev–Trinajstić information content (AvgIpc) is 2.83. The quantitative estimate of drug-likeness (QED) is 0.754. The second-order valence-corrected chi connectivity index (χ2v) is 5.95. The number of amides is 1. The molecule has 110 valence electrons. The minimum absolute atomic E-state index is 0.177. The number of rotatable bonds is 4. The number of aromatic nitrogens is 1. The van der Waals surface area contributed by atoms with E-state index >= 15 is 0 Å². The molecule has 1 aromatic heterocycles. The van der Waals surface area contributed by atoms with Crippen LogP contribution in [0.3, 0.4) is 0 Å². The first-order valence-electron chi connectivity index (χ1n) is 6.41. The number of primary amides is 1. The number of nitrogens with two attached hydrogens (primary N) is 1. The number of para-hydroxylation sites is 1. The molecule has 0 aliphatic heterocycles. The monoisotopic (exact) mass is 320 g/mol. The summed E-state index contributed by atoms with van der Waals surface area (Å²) >= 11 is 6.49. The summed E-state index contributed by atoms with van der Waals surface area (Å²) in [5.74, 6) is 0.0818. The minimum Gasteiger partial charge on any atom is -0.365 e. The fourth-order valence-corrected chi connectivity index (χ4v) is 2.85. The van der Waals surface area contributed by atoms with Crippen LogP contribution in [-0.2, 0) is 0 Å². The van der Waals surface area contributed by atoms with Crippen molar-refractivity contribution in [1.82, 2.24) is 4.37 Å². The second-order valence-electron chi connectivity index (χ2n) is 4.73. The Kier molecular flexibility index (Phi) is 4.87. The van der Waals surface area contributed by atoms with Gasteiger partial charge in [-0.2, -0.15) is 4.37 Å². The van der Waals surface area contributed by atoms with Crippen LogP contribution in [0.25, 0.3) is 0 Å². The van der Waals surface area contributed by atoms with E-state index in [0.717, 1.165) is 10.6 Å². The third-order valence-corrected chi connectivity index (χ3v) is 4.10. The topological polar surface area (TPSA) is 80.0 Å². The highest BCUT2D eigenvalue weighted by atomic mass is 32.1. The number of carbonyl (C=O) groups excluding carboxylic acids is 1. The van der Waals surface area contributed by atoms with Crippen molar-refractivity contribution in [3.05, 3.63) is 40.8 Å². The molecule has 0 radical (unpaired) electrons. The molecular formula is C14H16N4OS2. The lowest BCUT2D eigenvalue weighted by Crippen LogP contribution is -2.22. The molecule has 0 aliphatic carbocycles. The number of benzene rings is 1. The van der Waals surface area contributed by atoms with Crippen LogP contribution in [-0.4, -0.2) is 15.4 Å². The Balaban J connectivity index is 2.16. The molecule has 0 fully saturated rings. The van der Waals surface area contributed by atoms with Crippen molar-refractivity contribution >= 4 is 46.3 Å². The number of carbonyl (C=O) groups is 1. The molecule has 0 spiro atoms. The van der Waals surface area contributed by atoms with Crippen LogP contribution in [0.15, 0.2) is 30.3 Å². The van der Waals surface area contributed by atoms with Crippen molar-refractivity contribution in [2.45, 2.75) is 19.8 Å². The molecule has 0 bridgehead atoms. The van der Waals surface area contributed by atoms with Crippen molar-refractivity contribution < 1.29 is 4.79 Å². The van der Waals surface area contributed by atoms with Gasteiger partial charge in [-0.25, -0.2) is 0 Å². The maximum absolute atomic E-state index is 11.6. The van der Waals surface area contributed by atoms with E-state index in [1.807, 2.05) is 44.2 Å². The first kappa shape index (κ1) is 15.4. The molecular weight excluding hydrogens is 304 g/mol. The van der Waals surface area contributed by atoms with Gasteiger partial charge in [0.05, 0.1) is 5.56 Å². The van der Waals surface area contributed by atoms with Gasteiger partial charge in [0.25, 0.3) is 5.91 Å². The number of hydrogen-bond donors (Lipinski definition) is 3. The van der Waals surface area contributed by atoms with Crippen LogP contribution in [0.2, 0.25) is 0 Å². The molecule has 21 heavy (non-hydrogen) atoms. The van der Waals surface area contributed by atoms with E-state index in [9.17, 15) is 4.79 Å². The zero-order valence-corrected chi connectivity index (χ0v) is 13.3.